The number of hydrogen-bond donors (Lipinski definition) is 1. The maximum atomic E-state index is 6.24. The molecule has 2 N–H and O–H groups in total. The first-order valence-electron chi connectivity index (χ1n) is 8.69. The lowest BCUT2D eigenvalue weighted by atomic mass is 9.75. The van der Waals surface area contributed by atoms with E-state index in [4.69, 9.17) is 5.73 Å². The summed E-state index contributed by atoms with van der Waals surface area (Å²) in [5.74, 6) is 0.877. The molecule has 1 aromatic carbocycles. The molecule has 2 nitrogen and oxygen atoms in total. The van der Waals surface area contributed by atoms with E-state index >= 15 is 0 Å². The van der Waals surface area contributed by atoms with Crippen molar-refractivity contribution in [1.29, 1.82) is 0 Å². The van der Waals surface area contributed by atoms with Crippen molar-refractivity contribution in [2.24, 2.45) is 11.7 Å². The van der Waals surface area contributed by atoms with Crippen LogP contribution in [0.25, 0.3) is 0 Å². The van der Waals surface area contributed by atoms with E-state index in [2.05, 4.69) is 49.1 Å². The third-order valence-corrected chi connectivity index (χ3v) is 5.26. The van der Waals surface area contributed by atoms with Crippen LogP contribution in [0.3, 0.4) is 0 Å². The van der Waals surface area contributed by atoms with Crippen molar-refractivity contribution in [3.8, 4) is 0 Å². The van der Waals surface area contributed by atoms with E-state index in [0.717, 1.165) is 25.4 Å². The second-order valence-corrected chi connectivity index (χ2v) is 6.83. The Labute approximate surface area is 130 Å². The predicted molar refractivity (Wildman–Crippen MR) is 91.4 cm³/mol. The van der Waals surface area contributed by atoms with Crippen LogP contribution < -0.4 is 5.73 Å². The summed E-state index contributed by atoms with van der Waals surface area (Å²) in [5.41, 5.74) is 7.94. The van der Waals surface area contributed by atoms with Crippen molar-refractivity contribution in [3.05, 3.63) is 35.9 Å². The number of benzene rings is 1. The normalized spacial score (nSPS) is 26.2. The molecule has 0 saturated heterocycles. The van der Waals surface area contributed by atoms with Crippen molar-refractivity contribution < 1.29 is 0 Å². The van der Waals surface area contributed by atoms with Gasteiger partial charge in [-0.1, -0.05) is 44.2 Å². The highest BCUT2D eigenvalue weighted by molar-refractivity contribution is 5.15. The first kappa shape index (κ1) is 16.5. The Morgan fingerprint density at radius 1 is 1.14 bits per heavy atom. The number of rotatable bonds is 7. The van der Waals surface area contributed by atoms with Crippen LogP contribution in [-0.2, 0) is 6.42 Å². The van der Waals surface area contributed by atoms with Gasteiger partial charge < -0.3 is 5.73 Å². The van der Waals surface area contributed by atoms with Gasteiger partial charge in [-0.2, -0.15) is 0 Å². The second kappa shape index (κ2) is 7.95. The molecule has 0 bridgehead atoms. The summed E-state index contributed by atoms with van der Waals surface area (Å²) in [6.45, 7) is 7.80. The van der Waals surface area contributed by atoms with Crippen molar-refractivity contribution in [2.45, 2.75) is 57.9 Å². The molecule has 21 heavy (non-hydrogen) atoms. The van der Waals surface area contributed by atoms with Crippen LogP contribution in [0.1, 0.15) is 51.5 Å². The van der Waals surface area contributed by atoms with E-state index < -0.39 is 0 Å². The molecule has 0 amide bonds. The fourth-order valence-electron chi connectivity index (χ4n) is 3.71. The van der Waals surface area contributed by atoms with Gasteiger partial charge in [0.15, 0.2) is 0 Å². The van der Waals surface area contributed by atoms with Crippen LogP contribution >= 0.6 is 0 Å². The van der Waals surface area contributed by atoms with E-state index in [0.29, 0.717) is 0 Å². The topological polar surface area (TPSA) is 29.3 Å². The molecule has 118 valence electrons. The van der Waals surface area contributed by atoms with E-state index in [1.54, 1.807) is 0 Å². The molecule has 1 aromatic rings. The van der Waals surface area contributed by atoms with Crippen LogP contribution in [0.4, 0.5) is 0 Å². The van der Waals surface area contributed by atoms with Gasteiger partial charge in [-0.15, -0.1) is 0 Å². The van der Waals surface area contributed by atoms with Crippen LogP contribution in [0.5, 0.6) is 0 Å². The monoisotopic (exact) mass is 288 g/mol. The molecule has 2 rings (SSSR count). The predicted octanol–water partition coefficient (Wildman–Crippen LogP) is 3.85. The zero-order chi connectivity index (χ0) is 15.1. The van der Waals surface area contributed by atoms with Gasteiger partial charge in [-0.3, -0.25) is 4.90 Å². The van der Waals surface area contributed by atoms with Gasteiger partial charge in [-0.05, 0) is 56.6 Å². The molecule has 2 heteroatoms. The SMILES string of the molecule is CCCN(CCc1ccccc1)C1(CN)CCC(C)CC1. The van der Waals surface area contributed by atoms with Gasteiger partial charge in [0.25, 0.3) is 0 Å². The summed E-state index contributed by atoms with van der Waals surface area (Å²) in [6, 6.07) is 10.8. The Balaban J connectivity index is 2.02. The highest BCUT2D eigenvalue weighted by atomic mass is 15.2. The number of nitrogens with zero attached hydrogens (tertiary/aromatic N) is 1. The van der Waals surface area contributed by atoms with Gasteiger partial charge >= 0.3 is 0 Å². The lowest BCUT2D eigenvalue weighted by molar-refractivity contribution is 0.0453. The molecule has 0 aromatic heterocycles. The van der Waals surface area contributed by atoms with Crippen LogP contribution in [0.2, 0.25) is 0 Å². The fraction of sp³-hybridized carbons (Fsp3) is 0.684. The molecule has 0 atom stereocenters. The van der Waals surface area contributed by atoms with Crippen molar-refractivity contribution >= 4 is 0 Å². The van der Waals surface area contributed by atoms with Crippen molar-refractivity contribution in [1.82, 2.24) is 4.90 Å². The Morgan fingerprint density at radius 2 is 1.81 bits per heavy atom. The highest BCUT2D eigenvalue weighted by Gasteiger charge is 2.37. The van der Waals surface area contributed by atoms with Gasteiger partial charge in [0.2, 0.25) is 0 Å². The standard InChI is InChI=1S/C19H32N2/c1-3-14-21(15-11-18-7-5-4-6-8-18)19(16-20)12-9-17(2)10-13-19/h4-8,17H,3,9-16,20H2,1-2H3. The van der Waals surface area contributed by atoms with Crippen LogP contribution in [0.15, 0.2) is 30.3 Å². The molecule has 1 aliphatic carbocycles. The number of nitrogens with two attached hydrogens (primary N) is 1. The zero-order valence-corrected chi connectivity index (χ0v) is 13.9. The Bertz CT molecular complexity index is 393. The molecular formula is C19H32N2. The second-order valence-electron chi connectivity index (χ2n) is 6.83. The minimum absolute atomic E-state index is 0.261. The molecule has 1 aliphatic rings. The van der Waals surface area contributed by atoms with E-state index in [9.17, 15) is 0 Å². The van der Waals surface area contributed by atoms with Crippen molar-refractivity contribution in [2.75, 3.05) is 19.6 Å². The number of hydrogen-bond acceptors (Lipinski definition) is 2. The zero-order valence-electron chi connectivity index (χ0n) is 13.9. The minimum atomic E-state index is 0.261. The van der Waals surface area contributed by atoms with Crippen LogP contribution in [-0.4, -0.2) is 30.1 Å². The third kappa shape index (κ3) is 4.31. The minimum Gasteiger partial charge on any atom is -0.329 e. The molecule has 1 saturated carbocycles. The Kier molecular flexibility index (Phi) is 6.25. The molecule has 0 spiro atoms. The fourth-order valence-corrected chi connectivity index (χ4v) is 3.71. The molecule has 0 heterocycles. The molecule has 1 fully saturated rings. The summed E-state index contributed by atoms with van der Waals surface area (Å²) in [7, 11) is 0. The Hall–Kier alpha value is -0.860. The van der Waals surface area contributed by atoms with E-state index in [1.165, 1.54) is 44.2 Å². The summed E-state index contributed by atoms with van der Waals surface area (Å²) in [6.07, 6.45) is 7.58. The average molecular weight is 288 g/mol. The first-order valence-corrected chi connectivity index (χ1v) is 8.69. The van der Waals surface area contributed by atoms with E-state index in [1.807, 2.05) is 0 Å². The third-order valence-electron chi connectivity index (χ3n) is 5.26. The van der Waals surface area contributed by atoms with Gasteiger partial charge in [0.1, 0.15) is 0 Å². The quantitative estimate of drug-likeness (QED) is 0.826. The molecule has 0 unspecified atom stereocenters. The summed E-state index contributed by atoms with van der Waals surface area (Å²) < 4.78 is 0. The summed E-state index contributed by atoms with van der Waals surface area (Å²) in [5, 5.41) is 0. The molecule has 0 radical (unpaired) electrons. The maximum absolute atomic E-state index is 6.24. The van der Waals surface area contributed by atoms with E-state index in [-0.39, 0.29) is 5.54 Å². The molecular weight excluding hydrogens is 256 g/mol. The average Bonchev–Trinajstić information content (AvgIpc) is 2.54. The lowest BCUT2D eigenvalue weighted by Gasteiger charge is -2.47. The van der Waals surface area contributed by atoms with Gasteiger partial charge in [0, 0.05) is 18.6 Å². The highest BCUT2D eigenvalue weighted by Crippen LogP contribution is 2.36. The summed E-state index contributed by atoms with van der Waals surface area (Å²) in [4.78, 5) is 2.70. The van der Waals surface area contributed by atoms with Crippen molar-refractivity contribution in [3.63, 3.8) is 0 Å². The lowest BCUT2D eigenvalue weighted by Crippen LogP contribution is -2.56. The Morgan fingerprint density at radius 3 is 2.38 bits per heavy atom. The molecule has 0 aliphatic heterocycles. The van der Waals surface area contributed by atoms with Crippen LogP contribution in [0, 0.1) is 5.92 Å². The first-order chi connectivity index (χ1) is 10.2. The maximum Gasteiger partial charge on any atom is 0.0332 e. The van der Waals surface area contributed by atoms with Gasteiger partial charge in [-0.25, -0.2) is 0 Å². The van der Waals surface area contributed by atoms with Gasteiger partial charge in [0.05, 0.1) is 0 Å². The largest absolute Gasteiger partial charge is 0.329 e. The smallest absolute Gasteiger partial charge is 0.0332 e. The summed E-state index contributed by atoms with van der Waals surface area (Å²) >= 11 is 0.